The van der Waals surface area contributed by atoms with Crippen molar-refractivity contribution in [1.29, 1.82) is 5.26 Å². The maximum atomic E-state index is 12.0. The number of anilines is 1. The molecule has 0 saturated heterocycles. The molecule has 0 atom stereocenters. The molecule has 1 aromatic rings. The number of aromatic nitrogens is 3. The fourth-order valence-corrected chi connectivity index (χ4v) is 1.51. The molecule has 16 heavy (non-hydrogen) atoms. The van der Waals surface area contributed by atoms with Gasteiger partial charge < -0.3 is 10.6 Å². The molecule has 7 nitrogen and oxygen atoms in total. The molecule has 1 aliphatic carbocycles. The SMILES string of the molecule is N#CCCN(C(=O)c1nc(N)n[nH]1)C1CC1. The fourth-order valence-electron chi connectivity index (χ4n) is 1.51. The second-order valence-corrected chi connectivity index (χ2v) is 3.68. The summed E-state index contributed by atoms with van der Waals surface area (Å²) in [5.41, 5.74) is 5.33. The first kappa shape index (κ1) is 10.4. The Bertz CT molecular complexity index is 429. The number of hydrogen-bond acceptors (Lipinski definition) is 5. The Kier molecular flexibility index (Phi) is 2.72. The van der Waals surface area contributed by atoms with Gasteiger partial charge in [0.05, 0.1) is 12.5 Å². The minimum absolute atomic E-state index is 0.0550. The van der Waals surface area contributed by atoms with E-state index in [9.17, 15) is 4.79 Å². The fraction of sp³-hybridized carbons (Fsp3) is 0.556. The van der Waals surface area contributed by atoms with E-state index in [4.69, 9.17) is 11.0 Å². The summed E-state index contributed by atoms with van der Waals surface area (Å²) >= 11 is 0. The molecule has 7 heteroatoms. The lowest BCUT2D eigenvalue weighted by atomic mass is 10.3. The van der Waals surface area contributed by atoms with E-state index in [1.54, 1.807) is 4.90 Å². The summed E-state index contributed by atoms with van der Waals surface area (Å²) in [7, 11) is 0. The Morgan fingerprint density at radius 1 is 1.69 bits per heavy atom. The van der Waals surface area contributed by atoms with Crippen molar-refractivity contribution in [2.75, 3.05) is 12.3 Å². The van der Waals surface area contributed by atoms with E-state index in [2.05, 4.69) is 15.2 Å². The number of nitrogen functional groups attached to an aromatic ring is 1. The van der Waals surface area contributed by atoms with Crippen LogP contribution in [0, 0.1) is 11.3 Å². The van der Waals surface area contributed by atoms with Crippen molar-refractivity contribution < 1.29 is 4.79 Å². The lowest BCUT2D eigenvalue weighted by Crippen LogP contribution is -2.34. The summed E-state index contributed by atoms with van der Waals surface area (Å²) in [6, 6.07) is 2.27. The molecule has 1 aromatic heterocycles. The quantitative estimate of drug-likeness (QED) is 0.736. The van der Waals surface area contributed by atoms with E-state index in [1.165, 1.54) is 0 Å². The molecule has 0 bridgehead atoms. The molecule has 1 amide bonds. The molecule has 1 fully saturated rings. The molecular weight excluding hydrogens is 208 g/mol. The van der Waals surface area contributed by atoms with Gasteiger partial charge in [-0.2, -0.15) is 10.2 Å². The van der Waals surface area contributed by atoms with Gasteiger partial charge in [0.25, 0.3) is 5.91 Å². The van der Waals surface area contributed by atoms with Gasteiger partial charge in [-0.25, -0.2) is 0 Å². The number of aromatic amines is 1. The maximum absolute atomic E-state index is 12.0. The van der Waals surface area contributed by atoms with E-state index >= 15 is 0 Å². The first-order chi connectivity index (χ1) is 7.72. The van der Waals surface area contributed by atoms with E-state index in [0.29, 0.717) is 13.0 Å². The Labute approximate surface area is 92.3 Å². The molecule has 0 unspecified atom stereocenters. The number of amides is 1. The molecule has 0 aromatic carbocycles. The van der Waals surface area contributed by atoms with Crippen LogP contribution < -0.4 is 5.73 Å². The van der Waals surface area contributed by atoms with Crippen LogP contribution in [0.4, 0.5) is 5.95 Å². The monoisotopic (exact) mass is 220 g/mol. The summed E-state index contributed by atoms with van der Waals surface area (Å²) in [6.07, 6.45) is 2.30. The van der Waals surface area contributed by atoms with E-state index in [1.807, 2.05) is 6.07 Å². The van der Waals surface area contributed by atoms with Crippen LogP contribution in [0.2, 0.25) is 0 Å². The van der Waals surface area contributed by atoms with Gasteiger partial charge in [0.1, 0.15) is 0 Å². The molecule has 0 aliphatic heterocycles. The second kappa shape index (κ2) is 4.18. The first-order valence-corrected chi connectivity index (χ1v) is 5.08. The highest BCUT2D eigenvalue weighted by atomic mass is 16.2. The number of carbonyl (C=O) groups is 1. The number of hydrogen-bond donors (Lipinski definition) is 2. The van der Waals surface area contributed by atoms with Crippen molar-refractivity contribution in [3.8, 4) is 6.07 Å². The van der Waals surface area contributed by atoms with Gasteiger partial charge in [0.2, 0.25) is 11.8 Å². The van der Waals surface area contributed by atoms with Crippen molar-refractivity contribution >= 4 is 11.9 Å². The molecular formula is C9H12N6O. The van der Waals surface area contributed by atoms with Crippen LogP contribution in [0.1, 0.15) is 29.9 Å². The number of nitriles is 1. The van der Waals surface area contributed by atoms with E-state index < -0.39 is 0 Å². The zero-order valence-electron chi connectivity index (χ0n) is 8.68. The number of rotatable bonds is 4. The molecule has 1 saturated carbocycles. The van der Waals surface area contributed by atoms with E-state index in [0.717, 1.165) is 12.8 Å². The van der Waals surface area contributed by atoms with Gasteiger partial charge >= 0.3 is 0 Å². The largest absolute Gasteiger partial charge is 0.366 e. The average Bonchev–Trinajstić information content (AvgIpc) is 3.01. The van der Waals surface area contributed by atoms with Crippen molar-refractivity contribution in [3.05, 3.63) is 5.82 Å². The predicted molar refractivity (Wildman–Crippen MR) is 55.1 cm³/mol. The number of nitrogens with zero attached hydrogens (tertiary/aromatic N) is 4. The zero-order chi connectivity index (χ0) is 11.5. The summed E-state index contributed by atoms with van der Waals surface area (Å²) in [6.45, 7) is 0.431. The Morgan fingerprint density at radius 3 is 2.94 bits per heavy atom. The van der Waals surface area contributed by atoms with Gasteiger partial charge in [-0.05, 0) is 12.8 Å². The van der Waals surface area contributed by atoms with Crippen molar-refractivity contribution in [2.45, 2.75) is 25.3 Å². The van der Waals surface area contributed by atoms with E-state index in [-0.39, 0.29) is 23.7 Å². The highest BCUT2D eigenvalue weighted by Crippen LogP contribution is 2.27. The zero-order valence-corrected chi connectivity index (χ0v) is 8.68. The van der Waals surface area contributed by atoms with Crippen LogP contribution in [0.3, 0.4) is 0 Å². The molecule has 0 spiro atoms. The van der Waals surface area contributed by atoms with Gasteiger partial charge in [-0.3, -0.25) is 9.89 Å². The topological polar surface area (TPSA) is 112 Å². The third kappa shape index (κ3) is 2.11. The highest BCUT2D eigenvalue weighted by Gasteiger charge is 2.33. The summed E-state index contributed by atoms with van der Waals surface area (Å²) < 4.78 is 0. The molecule has 1 aliphatic rings. The Hall–Kier alpha value is -2.10. The molecule has 84 valence electrons. The normalized spacial score (nSPS) is 14.4. The average molecular weight is 220 g/mol. The highest BCUT2D eigenvalue weighted by molar-refractivity contribution is 5.91. The smallest absolute Gasteiger partial charge is 0.291 e. The van der Waals surface area contributed by atoms with Gasteiger partial charge in [-0.1, -0.05) is 0 Å². The van der Waals surface area contributed by atoms with Crippen molar-refractivity contribution in [2.24, 2.45) is 0 Å². The number of nitrogens with one attached hydrogen (secondary N) is 1. The summed E-state index contributed by atoms with van der Waals surface area (Å²) in [4.78, 5) is 17.4. The van der Waals surface area contributed by atoms with Crippen LogP contribution in [0.25, 0.3) is 0 Å². The van der Waals surface area contributed by atoms with Gasteiger partial charge in [-0.15, -0.1) is 5.10 Å². The van der Waals surface area contributed by atoms with Crippen LogP contribution in [0.15, 0.2) is 0 Å². The minimum Gasteiger partial charge on any atom is -0.366 e. The first-order valence-electron chi connectivity index (χ1n) is 5.08. The molecule has 0 radical (unpaired) electrons. The van der Waals surface area contributed by atoms with Crippen molar-refractivity contribution in [3.63, 3.8) is 0 Å². The van der Waals surface area contributed by atoms with Crippen LogP contribution >= 0.6 is 0 Å². The predicted octanol–water partition coefficient (Wildman–Crippen LogP) is -0.0948. The van der Waals surface area contributed by atoms with Crippen LogP contribution in [0.5, 0.6) is 0 Å². The molecule has 2 rings (SSSR count). The second-order valence-electron chi connectivity index (χ2n) is 3.68. The van der Waals surface area contributed by atoms with Crippen LogP contribution in [-0.4, -0.2) is 38.6 Å². The van der Waals surface area contributed by atoms with Crippen LogP contribution in [-0.2, 0) is 0 Å². The lowest BCUT2D eigenvalue weighted by Gasteiger charge is -2.19. The molecule has 1 heterocycles. The minimum atomic E-state index is -0.234. The standard InChI is InChI=1S/C9H12N6O/c10-4-1-5-15(6-2-3-6)8(16)7-12-9(11)14-13-7/h6H,1-3,5H2,(H3,11,12,13,14). The lowest BCUT2D eigenvalue weighted by molar-refractivity contribution is 0.0735. The number of nitrogens with two attached hydrogens (primary N) is 1. The number of carbonyl (C=O) groups excluding carboxylic acids is 1. The third-order valence-electron chi connectivity index (χ3n) is 2.42. The molecule has 3 N–H and O–H groups in total. The summed E-state index contributed by atoms with van der Waals surface area (Å²) in [5.74, 6) is -0.0383. The Balaban J connectivity index is 2.08. The maximum Gasteiger partial charge on any atom is 0.291 e. The van der Waals surface area contributed by atoms with Crippen molar-refractivity contribution in [1.82, 2.24) is 20.1 Å². The summed E-state index contributed by atoms with van der Waals surface area (Å²) in [5, 5.41) is 14.6. The third-order valence-corrected chi connectivity index (χ3v) is 2.42. The Morgan fingerprint density at radius 2 is 2.44 bits per heavy atom. The number of H-pyrrole nitrogens is 1. The van der Waals surface area contributed by atoms with Gasteiger partial charge in [0, 0.05) is 12.6 Å². The van der Waals surface area contributed by atoms with Gasteiger partial charge in [0.15, 0.2) is 0 Å².